The van der Waals surface area contributed by atoms with Gasteiger partial charge in [-0.25, -0.2) is 0 Å². The van der Waals surface area contributed by atoms with E-state index in [1.165, 1.54) is 12.8 Å². The molecular formula is C31H47N3O4S. The van der Waals surface area contributed by atoms with Crippen molar-refractivity contribution in [3.63, 3.8) is 0 Å². The number of aliphatic hydroxyl groups excluding tert-OH is 1. The zero-order chi connectivity index (χ0) is 27.8. The molecule has 1 amide bonds. The first-order chi connectivity index (χ1) is 18.8. The van der Waals surface area contributed by atoms with Crippen molar-refractivity contribution in [3.05, 3.63) is 65.2 Å². The molecule has 2 aliphatic rings. The van der Waals surface area contributed by atoms with Crippen LogP contribution in [-0.2, 0) is 6.42 Å². The van der Waals surface area contributed by atoms with E-state index in [1.807, 2.05) is 36.4 Å². The number of carbonyl (C=O) groups is 1. The molecule has 1 saturated carbocycles. The molecule has 1 aliphatic heterocycles. The number of nitrogens with one attached hydrogen (secondary N) is 2. The number of benzene rings is 2. The third kappa shape index (κ3) is 8.21. The van der Waals surface area contributed by atoms with Gasteiger partial charge in [0.25, 0.3) is 5.91 Å². The monoisotopic (exact) mass is 557 g/mol. The lowest BCUT2D eigenvalue weighted by atomic mass is 9.94. The van der Waals surface area contributed by atoms with E-state index >= 15 is 0 Å². The molecule has 216 valence electrons. The van der Waals surface area contributed by atoms with Crippen molar-refractivity contribution in [1.29, 1.82) is 0 Å². The summed E-state index contributed by atoms with van der Waals surface area (Å²) in [6, 6.07) is 15.6. The Morgan fingerprint density at radius 3 is 2.51 bits per heavy atom. The molecule has 3 atom stereocenters. The van der Waals surface area contributed by atoms with Crippen LogP contribution in [0.15, 0.2) is 48.5 Å². The second-order valence-corrected chi connectivity index (χ2v) is 13.5. The molecule has 1 unspecified atom stereocenters. The minimum absolute atomic E-state index is 0.244. The lowest BCUT2D eigenvalue weighted by Gasteiger charge is -2.47. The molecule has 2 aromatic carbocycles. The van der Waals surface area contributed by atoms with Crippen LogP contribution in [-0.4, -0.2) is 57.1 Å². The van der Waals surface area contributed by atoms with Gasteiger partial charge in [0.05, 0.1) is 23.6 Å². The lowest BCUT2D eigenvalue weighted by Crippen LogP contribution is -2.49. The molecular weight excluding hydrogens is 510 g/mol. The van der Waals surface area contributed by atoms with Crippen LogP contribution < -0.4 is 14.9 Å². The van der Waals surface area contributed by atoms with E-state index in [9.17, 15) is 19.0 Å². The van der Waals surface area contributed by atoms with Gasteiger partial charge in [-0.3, -0.25) is 18.2 Å². The molecule has 0 radical (unpaired) electrons. The quantitative estimate of drug-likeness (QED) is 0.216. The molecule has 2 aromatic rings. The fourth-order valence-electron chi connectivity index (χ4n) is 5.91. The van der Waals surface area contributed by atoms with E-state index in [1.54, 1.807) is 10.4 Å². The largest absolute Gasteiger partial charge is 0.390 e. The molecule has 0 spiro atoms. The van der Waals surface area contributed by atoms with Crippen LogP contribution in [0.2, 0.25) is 0 Å². The average molecular weight is 558 g/mol. The van der Waals surface area contributed by atoms with E-state index < -0.39 is 22.9 Å². The van der Waals surface area contributed by atoms with Gasteiger partial charge in [0.2, 0.25) is 0 Å². The standard InChI is InChI=1S/C31H47N3O4S/c1-3-11-23(2)32-22-30(35)29(18-24-12-5-4-6-13-24)33-31(36)27-19-26(25-14-7-8-15-25)20-28(21-27)34-16-9-10-17-39(34,37)38/h4-6,12-13,19-21,23,25,29-30,32,35,37-38H,3,7-11,14-18,22H2,1-2H3,(H,33,36)/t23?,29-,30+/m0/s1. The lowest BCUT2D eigenvalue weighted by molar-refractivity contribution is 0.0825. The normalized spacial score (nSPS) is 20.8. The molecule has 5 N–H and O–H groups in total. The second-order valence-electron chi connectivity index (χ2n) is 11.4. The Labute approximate surface area is 235 Å². The van der Waals surface area contributed by atoms with Crippen molar-refractivity contribution in [2.24, 2.45) is 0 Å². The van der Waals surface area contributed by atoms with Crippen LogP contribution in [0.3, 0.4) is 0 Å². The van der Waals surface area contributed by atoms with Crippen molar-refractivity contribution in [1.82, 2.24) is 10.6 Å². The maximum absolute atomic E-state index is 13.8. The first-order valence-electron chi connectivity index (χ1n) is 14.7. The van der Waals surface area contributed by atoms with Gasteiger partial charge < -0.3 is 15.7 Å². The summed E-state index contributed by atoms with van der Waals surface area (Å²) in [6.45, 7) is 5.21. The van der Waals surface area contributed by atoms with E-state index in [-0.39, 0.29) is 11.9 Å². The van der Waals surface area contributed by atoms with Crippen LogP contribution >= 0.6 is 10.8 Å². The van der Waals surface area contributed by atoms with Gasteiger partial charge in [-0.2, -0.15) is 0 Å². The topological polar surface area (TPSA) is 105 Å². The zero-order valence-corrected chi connectivity index (χ0v) is 24.3. The van der Waals surface area contributed by atoms with E-state index in [2.05, 4.69) is 30.5 Å². The Kier molecular flexibility index (Phi) is 10.7. The summed E-state index contributed by atoms with van der Waals surface area (Å²) in [6.07, 6.45) is 8.02. The fourth-order valence-corrected chi connectivity index (χ4v) is 7.59. The minimum atomic E-state index is -2.90. The highest BCUT2D eigenvalue weighted by molar-refractivity contribution is 8.25. The van der Waals surface area contributed by atoms with Crippen LogP contribution in [0.25, 0.3) is 0 Å². The van der Waals surface area contributed by atoms with Crippen molar-refractivity contribution < 1.29 is 19.0 Å². The van der Waals surface area contributed by atoms with Crippen LogP contribution in [0.1, 0.15) is 92.6 Å². The highest BCUT2D eigenvalue weighted by atomic mass is 32.3. The maximum Gasteiger partial charge on any atom is 0.251 e. The number of rotatable bonds is 12. The molecule has 4 rings (SSSR count). The smallest absolute Gasteiger partial charge is 0.251 e. The van der Waals surface area contributed by atoms with Gasteiger partial charge in [0.15, 0.2) is 0 Å². The number of amides is 1. The molecule has 8 heteroatoms. The molecule has 1 saturated heterocycles. The first kappa shape index (κ1) is 29.9. The Morgan fingerprint density at radius 1 is 1.08 bits per heavy atom. The van der Waals surface area contributed by atoms with Crippen LogP contribution in [0.5, 0.6) is 0 Å². The summed E-state index contributed by atoms with van der Waals surface area (Å²) < 4.78 is 23.4. The van der Waals surface area contributed by atoms with Crippen LogP contribution in [0, 0.1) is 0 Å². The molecule has 1 heterocycles. The molecule has 0 aromatic heterocycles. The zero-order valence-electron chi connectivity index (χ0n) is 23.5. The van der Waals surface area contributed by atoms with Gasteiger partial charge >= 0.3 is 0 Å². The summed E-state index contributed by atoms with van der Waals surface area (Å²) in [7, 11) is -2.90. The van der Waals surface area contributed by atoms with Gasteiger partial charge in [-0.1, -0.05) is 56.5 Å². The molecule has 7 nitrogen and oxygen atoms in total. The molecule has 2 fully saturated rings. The van der Waals surface area contributed by atoms with Gasteiger partial charge in [-0.05, 0) is 80.7 Å². The SMILES string of the molecule is CCCC(C)NC[C@@H](O)[C@H](Cc1ccccc1)NC(=O)c1cc(C2CCCC2)cc(N2CCCCS2(O)O)c1. The third-order valence-electron chi connectivity index (χ3n) is 8.18. The summed E-state index contributed by atoms with van der Waals surface area (Å²) in [4.78, 5) is 13.8. The number of aliphatic hydroxyl groups is 1. The van der Waals surface area contributed by atoms with Gasteiger partial charge in [0, 0.05) is 24.7 Å². The molecule has 0 bridgehead atoms. The Hall–Kier alpha value is -2.10. The average Bonchev–Trinajstić information content (AvgIpc) is 3.47. The van der Waals surface area contributed by atoms with Crippen molar-refractivity contribution in [2.75, 3.05) is 23.1 Å². The van der Waals surface area contributed by atoms with Crippen molar-refractivity contribution in [3.8, 4) is 0 Å². The summed E-state index contributed by atoms with van der Waals surface area (Å²) in [5.74, 6) is 0.487. The van der Waals surface area contributed by atoms with Crippen molar-refractivity contribution >= 4 is 22.4 Å². The van der Waals surface area contributed by atoms with Crippen LogP contribution in [0.4, 0.5) is 5.69 Å². The Bertz CT molecular complexity index is 1060. The third-order valence-corrected chi connectivity index (χ3v) is 10.1. The highest BCUT2D eigenvalue weighted by Gasteiger charge is 2.30. The Morgan fingerprint density at radius 2 is 1.82 bits per heavy atom. The summed E-state index contributed by atoms with van der Waals surface area (Å²) in [5, 5.41) is 17.7. The van der Waals surface area contributed by atoms with Gasteiger partial charge in [0.1, 0.15) is 0 Å². The molecule has 39 heavy (non-hydrogen) atoms. The van der Waals surface area contributed by atoms with Gasteiger partial charge in [-0.15, -0.1) is 10.8 Å². The first-order valence-corrected chi connectivity index (χ1v) is 16.4. The number of hydrogen-bond donors (Lipinski definition) is 5. The number of anilines is 1. The number of nitrogens with zero attached hydrogens (tertiary/aromatic N) is 1. The number of carbonyl (C=O) groups excluding carboxylic acids is 1. The number of hydrogen-bond acceptors (Lipinski definition) is 6. The molecule has 1 aliphatic carbocycles. The predicted octanol–water partition coefficient (Wildman–Crippen LogP) is 6.09. The predicted molar refractivity (Wildman–Crippen MR) is 162 cm³/mol. The highest BCUT2D eigenvalue weighted by Crippen LogP contribution is 2.50. The summed E-state index contributed by atoms with van der Waals surface area (Å²) >= 11 is 0. The fraction of sp³-hybridized carbons (Fsp3) is 0.581. The second kappa shape index (κ2) is 14.0. The van der Waals surface area contributed by atoms with E-state index in [0.717, 1.165) is 49.7 Å². The summed E-state index contributed by atoms with van der Waals surface area (Å²) in [5.41, 5.74) is 3.35. The minimum Gasteiger partial charge on any atom is -0.390 e. The van der Waals surface area contributed by atoms with E-state index in [4.69, 9.17) is 0 Å². The Balaban J connectivity index is 1.59. The maximum atomic E-state index is 13.8. The van der Waals surface area contributed by atoms with Crippen molar-refractivity contribution in [2.45, 2.75) is 95.7 Å². The van der Waals surface area contributed by atoms with E-state index in [0.29, 0.717) is 42.4 Å².